The fourth-order valence-electron chi connectivity index (χ4n) is 3.90. The molecule has 0 atom stereocenters. The highest BCUT2D eigenvalue weighted by molar-refractivity contribution is 6.06. The molecule has 1 aromatic carbocycles. The van der Waals surface area contributed by atoms with Crippen molar-refractivity contribution in [2.45, 2.75) is 25.8 Å². The van der Waals surface area contributed by atoms with E-state index in [0.717, 1.165) is 37.2 Å². The summed E-state index contributed by atoms with van der Waals surface area (Å²) in [5.74, 6) is 0.781. The van der Waals surface area contributed by atoms with Crippen molar-refractivity contribution in [2.24, 2.45) is 4.99 Å². The zero-order chi connectivity index (χ0) is 22.5. The lowest BCUT2D eigenvalue weighted by Crippen LogP contribution is -2.29. The molecule has 9 heteroatoms. The Hall–Kier alpha value is -3.46. The fourth-order valence-corrected chi connectivity index (χ4v) is 3.90. The van der Waals surface area contributed by atoms with Crippen LogP contribution in [0.1, 0.15) is 30.4 Å². The zero-order valence-corrected chi connectivity index (χ0v) is 18.5. The second kappa shape index (κ2) is 9.78. The maximum absolute atomic E-state index is 12.4. The average Bonchev–Trinajstić information content (AvgIpc) is 3.10. The van der Waals surface area contributed by atoms with Gasteiger partial charge < -0.3 is 25.2 Å². The van der Waals surface area contributed by atoms with Gasteiger partial charge in [0.15, 0.2) is 5.88 Å². The number of fused-ring (bicyclic) bond motifs is 2. The first-order valence-corrected chi connectivity index (χ1v) is 10.9. The largest absolute Gasteiger partial charge is 0.494 e. The van der Waals surface area contributed by atoms with E-state index in [1.165, 1.54) is 6.33 Å². The average molecular weight is 436 g/mol. The number of hydrogen-bond donors (Lipinski definition) is 3. The number of rotatable bonds is 0. The maximum Gasteiger partial charge on any atom is 0.222 e. The van der Waals surface area contributed by atoms with E-state index in [9.17, 15) is 9.90 Å². The van der Waals surface area contributed by atoms with Crippen molar-refractivity contribution in [1.29, 1.82) is 0 Å². The SMILES string of the molecule is CN1CCCC(=O)N(C)CCCNc2ncnc3[nH]c(O)c(c23)C=Nc2cccc(c2)C1. The summed E-state index contributed by atoms with van der Waals surface area (Å²) in [6.07, 6.45) is 5.23. The summed E-state index contributed by atoms with van der Waals surface area (Å²) >= 11 is 0. The summed E-state index contributed by atoms with van der Waals surface area (Å²) in [5, 5.41) is 14.5. The van der Waals surface area contributed by atoms with Gasteiger partial charge >= 0.3 is 0 Å². The number of nitrogens with zero attached hydrogens (tertiary/aromatic N) is 5. The number of anilines is 1. The van der Waals surface area contributed by atoms with Crippen molar-refractivity contribution < 1.29 is 9.90 Å². The lowest BCUT2D eigenvalue weighted by atomic mass is 10.2. The smallest absolute Gasteiger partial charge is 0.222 e. The number of amides is 1. The summed E-state index contributed by atoms with van der Waals surface area (Å²) in [6.45, 7) is 2.91. The summed E-state index contributed by atoms with van der Waals surface area (Å²) in [4.78, 5) is 32.5. The van der Waals surface area contributed by atoms with Crippen LogP contribution in [0, 0.1) is 0 Å². The highest BCUT2D eigenvalue weighted by Gasteiger charge is 2.16. The molecule has 168 valence electrons. The molecule has 0 radical (unpaired) electrons. The van der Waals surface area contributed by atoms with Gasteiger partial charge in [0.05, 0.1) is 16.6 Å². The molecular weight excluding hydrogens is 406 g/mol. The van der Waals surface area contributed by atoms with Gasteiger partial charge in [-0.3, -0.25) is 9.79 Å². The lowest BCUT2D eigenvalue weighted by molar-refractivity contribution is -0.130. The van der Waals surface area contributed by atoms with Crippen LogP contribution < -0.4 is 5.32 Å². The van der Waals surface area contributed by atoms with Gasteiger partial charge in [0.25, 0.3) is 0 Å². The highest BCUT2D eigenvalue weighted by Crippen LogP contribution is 2.29. The van der Waals surface area contributed by atoms with E-state index in [1.807, 2.05) is 25.2 Å². The number of aromatic hydroxyl groups is 1. The van der Waals surface area contributed by atoms with E-state index < -0.39 is 0 Å². The molecule has 0 fully saturated rings. The van der Waals surface area contributed by atoms with E-state index in [1.54, 1.807) is 11.1 Å². The Labute approximate surface area is 187 Å². The molecule has 3 N–H and O–H groups in total. The first-order chi connectivity index (χ1) is 15.5. The van der Waals surface area contributed by atoms with Gasteiger partial charge in [0, 0.05) is 39.3 Å². The van der Waals surface area contributed by atoms with E-state index in [0.29, 0.717) is 41.9 Å². The molecule has 2 bridgehead atoms. The van der Waals surface area contributed by atoms with Gasteiger partial charge in [0.1, 0.15) is 17.8 Å². The Kier molecular flexibility index (Phi) is 6.65. The Morgan fingerprint density at radius 3 is 2.88 bits per heavy atom. The number of aromatic nitrogens is 3. The zero-order valence-electron chi connectivity index (χ0n) is 18.5. The number of aromatic amines is 1. The number of carbonyl (C=O) groups is 1. The van der Waals surface area contributed by atoms with Crippen LogP contribution in [-0.2, 0) is 11.3 Å². The fraction of sp³-hybridized carbons (Fsp3) is 0.391. The van der Waals surface area contributed by atoms with Crippen LogP contribution in [0.15, 0.2) is 35.6 Å². The van der Waals surface area contributed by atoms with Crippen LogP contribution in [-0.4, -0.2) is 75.7 Å². The van der Waals surface area contributed by atoms with E-state index in [-0.39, 0.29) is 11.8 Å². The third kappa shape index (κ3) is 5.05. The summed E-state index contributed by atoms with van der Waals surface area (Å²) in [6, 6.07) is 8.00. The van der Waals surface area contributed by atoms with E-state index in [2.05, 4.69) is 43.3 Å². The van der Waals surface area contributed by atoms with Gasteiger partial charge in [-0.2, -0.15) is 0 Å². The number of hydrogen-bond acceptors (Lipinski definition) is 7. The second-order valence-electron chi connectivity index (χ2n) is 8.20. The molecule has 0 unspecified atom stereocenters. The number of aliphatic imine (C=N–C) groups is 1. The van der Waals surface area contributed by atoms with Gasteiger partial charge in [-0.15, -0.1) is 0 Å². The molecule has 3 heterocycles. The summed E-state index contributed by atoms with van der Waals surface area (Å²) in [7, 11) is 3.91. The molecule has 1 aliphatic rings. The third-order valence-corrected chi connectivity index (χ3v) is 5.63. The predicted octanol–water partition coefficient (Wildman–Crippen LogP) is 2.90. The van der Waals surface area contributed by atoms with Crippen molar-refractivity contribution >= 4 is 34.7 Å². The van der Waals surface area contributed by atoms with Gasteiger partial charge in [-0.05, 0) is 44.1 Å². The van der Waals surface area contributed by atoms with Gasteiger partial charge in [-0.25, -0.2) is 9.97 Å². The van der Waals surface area contributed by atoms with Crippen LogP contribution in [0.25, 0.3) is 11.0 Å². The molecule has 32 heavy (non-hydrogen) atoms. The van der Waals surface area contributed by atoms with Gasteiger partial charge in [0.2, 0.25) is 5.91 Å². The highest BCUT2D eigenvalue weighted by atomic mass is 16.3. The molecule has 1 aliphatic heterocycles. The van der Waals surface area contributed by atoms with Crippen LogP contribution in [0.4, 0.5) is 11.5 Å². The molecule has 3 aromatic rings. The quantitative estimate of drug-likeness (QED) is 0.501. The first-order valence-electron chi connectivity index (χ1n) is 10.9. The summed E-state index contributed by atoms with van der Waals surface area (Å²) < 4.78 is 0. The Morgan fingerprint density at radius 2 is 2.00 bits per heavy atom. The van der Waals surface area contributed by atoms with E-state index in [4.69, 9.17) is 0 Å². The predicted molar refractivity (Wildman–Crippen MR) is 126 cm³/mol. The van der Waals surface area contributed by atoms with Crippen molar-refractivity contribution in [3.05, 3.63) is 41.7 Å². The maximum atomic E-state index is 12.4. The first kappa shape index (κ1) is 21.8. The monoisotopic (exact) mass is 435 g/mol. The molecule has 4 rings (SSSR count). The van der Waals surface area contributed by atoms with Crippen LogP contribution in [0.2, 0.25) is 0 Å². The number of carbonyl (C=O) groups excluding carboxylic acids is 1. The minimum absolute atomic E-state index is 0.000547. The normalized spacial score (nSPS) is 16.9. The van der Waals surface area contributed by atoms with Crippen LogP contribution in [0.3, 0.4) is 0 Å². The van der Waals surface area contributed by atoms with Crippen molar-refractivity contribution in [3.8, 4) is 5.88 Å². The Bertz CT molecular complexity index is 1120. The van der Waals surface area contributed by atoms with E-state index >= 15 is 0 Å². The number of nitrogens with one attached hydrogen (secondary N) is 2. The number of benzene rings is 1. The molecule has 0 aliphatic carbocycles. The summed E-state index contributed by atoms with van der Waals surface area (Å²) in [5.41, 5.74) is 3.01. The minimum Gasteiger partial charge on any atom is -0.494 e. The Morgan fingerprint density at radius 1 is 1.12 bits per heavy atom. The van der Waals surface area contributed by atoms with Crippen LogP contribution >= 0.6 is 0 Å². The van der Waals surface area contributed by atoms with Crippen LogP contribution in [0.5, 0.6) is 5.88 Å². The van der Waals surface area contributed by atoms with Crippen molar-refractivity contribution in [3.63, 3.8) is 0 Å². The lowest BCUT2D eigenvalue weighted by Gasteiger charge is -2.19. The minimum atomic E-state index is -0.000547. The second-order valence-corrected chi connectivity index (χ2v) is 8.20. The van der Waals surface area contributed by atoms with Crippen molar-refractivity contribution in [2.75, 3.05) is 39.0 Å². The van der Waals surface area contributed by atoms with Gasteiger partial charge in [-0.1, -0.05) is 12.1 Å². The molecular formula is C23H29N7O2. The Balaban J connectivity index is 1.67. The molecule has 0 saturated heterocycles. The third-order valence-electron chi connectivity index (χ3n) is 5.63. The standard InChI is InChI=1S/C23H29N7O2/c1-29-10-4-8-19(31)30(2)11-5-9-24-21-20-18(23(32)28-22(20)27-15-26-21)13-25-17-7-3-6-16(12-17)14-29/h3,6-7,12-13,15,32H,4-5,8-11,14H2,1-2H3,(H2,24,26,27,28). The molecule has 0 spiro atoms. The number of H-pyrrole nitrogens is 1. The molecule has 2 aromatic heterocycles. The molecule has 1 amide bonds. The molecule has 0 saturated carbocycles. The molecule has 9 nitrogen and oxygen atoms in total. The topological polar surface area (TPSA) is 110 Å². The van der Waals surface area contributed by atoms with Crippen molar-refractivity contribution in [1.82, 2.24) is 24.8 Å².